The van der Waals surface area contributed by atoms with Gasteiger partial charge in [0, 0.05) is 44.5 Å². The number of nitrogens with zero attached hydrogens (tertiary/aromatic N) is 2. The van der Waals surface area contributed by atoms with E-state index in [0.717, 1.165) is 67.0 Å². The van der Waals surface area contributed by atoms with Crippen LogP contribution in [0, 0.1) is 6.92 Å². The first-order valence-electron chi connectivity index (χ1n) is 18.4. The number of hydrogen-bond donors (Lipinski definition) is 0. The predicted molar refractivity (Wildman–Crippen MR) is 228 cm³/mol. The van der Waals surface area contributed by atoms with Gasteiger partial charge in [-0.3, -0.25) is 0 Å². The van der Waals surface area contributed by atoms with Crippen LogP contribution < -0.4 is 9.80 Å². The Kier molecular flexibility index (Phi) is 7.70. The molecule has 3 nitrogen and oxygen atoms in total. The maximum absolute atomic E-state index is 6.32. The predicted octanol–water partition coefficient (Wildman–Crippen LogP) is 14.8. The van der Waals surface area contributed by atoms with E-state index < -0.39 is 0 Å². The van der Waals surface area contributed by atoms with Crippen molar-refractivity contribution in [3.63, 3.8) is 0 Å². The number of fused-ring (bicyclic) bond motifs is 6. The average molecular weight is 693 g/mol. The summed E-state index contributed by atoms with van der Waals surface area (Å²) in [5.74, 6) is 0. The first-order valence-corrected chi connectivity index (χ1v) is 18.4. The summed E-state index contributed by atoms with van der Waals surface area (Å²) in [6, 6.07) is 71.8. The SMILES string of the molecule is Cc1ccc(-c2ccccc2N(c2ccc3oc4ccccc4c3c2)c2cc3ccccc3c3cc(N(c4ccccc4)c4ccccc4)ccc23)cc1. The molecule has 0 saturated heterocycles. The van der Waals surface area contributed by atoms with E-state index in [0.29, 0.717) is 0 Å². The third kappa shape index (κ3) is 5.46. The largest absolute Gasteiger partial charge is 0.456 e. The first kappa shape index (κ1) is 31.6. The molecule has 0 aliphatic rings. The average Bonchev–Trinajstić information content (AvgIpc) is 3.60. The molecule has 9 aromatic carbocycles. The van der Waals surface area contributed by atoms with Crippen molar-refractivity contribution in [1.82, 2.24) is 0 Å². The minimum atomic E-state index is 0.877. The van der Waals surface area contributed by atoms with E-state index in [4.69, 9.17) is 4.42 Å². The van der Waals surface area contributed by atoms with Crippen LogP contribution in [-0.2, 0) is 0 Å². The highest BCUT2D eigenvalue weighted by molar-refractivity contribution is 6.16. The molecule has 3 heteroatoms. The third-order valence-corrected chi connectivity index (χ3v) is 10.5. The molecule has 0 bridgehead atoms. The Morgan fingerprint density at radius 2 is 0.944 bits per heavy atom. The van der Waals surface area contributed by atoms with Crippen LogP contribution >= 0.6 is 0 Å². The number of anilines is 6. The molecule has 54 heavy (non-hydrogen) atoms. The molecule has 0 aliphatic carbocycles. The Bertz CT molecular complexity index is 2910. The van der Waals surface area contributed by atoms with E-state index in [1.807, 2.05) is 12.1 Å². The number of benzene rings is 9. The van der Waals surface area contributed by atoms with E-state index in [9.17, 15) is 0 Å². The summed E-state index contributed by atoms with van der Waals surface area (Å²) in [6.07, 6.45) is 0. The second-order valence-corrected chi connectivity index (χ2v) is 13.9. The summed E-state index contributed by atoms with van der Waals surface area (Å²) < 4.78 is 6.32. The van der Waals surface area contributed by atoms with E-state index >= 15 is 0 Å². The van der Waals surface area contributed by atoms with Gasteiger partial charge >= 0.3 is 0 Å². The molecule has 0 N–H and O–H groups in total. The van der Waals surface area contributed by atoms with Gasteiger partial charge in [0.15, 0.2) is 0 Å². The Morgan fingerprint density at radius 3 is 1.72 bits per heavy atom. The van der Waals surface area contributed by atoms with Gasteiger partial charge in [-0.1, -0.05) is 133 Å². The monoisotopic (exact) mass is 692 g/mol. The fourth-order valence-corrected chi connectivity index (χ4v) is 7.90. The second-order valence-electron chi connectivity index (χ2n) is 13.9. The number of para-hydroxylation sites is 4. The lowest BCUT2D eigenvalue weighted by Gasteiger charge is -2.30. The Balaban J connectivity index is 1.26. The molecule has 0 fully saturated rings. The van der Waals surface area contributed by atoms with Gasteiger partial charge in [0.1, 0.15) is 11.2 Å². The molecule has 0 radical (unpaired) electrons. The summed E-state index contributed by atoms with van der Waals surface area (Å²) in [7, 11) is 0. The van der Waals surface area contributed by atoms with Gasteiger partial charge < -0.3 is 14.2 Å². The lowest BCUT2D eigenvalue weighted by atomic mass is 9.96. The van der Waals surface area contributed by atoms with Crippen LogP contribution in [0.3, 0.4) is 0 Å². The number of aryl methyl sites for hydroxylation is 1. The zero-order chi connectivity index (χ0) is 36.0. The highest BCUT2D eigenvalue weighted by atomic mass is 16.3. The van der Waals surface area contributed by atoms with Crippen molar-refractivity contribution < 1.29 is 4.42 Å². The smallest absolute Gasteiger partial charge is 0.135 e. The molecule has 10 rings (SSSR count). The summed E-state index contributed by atoms with van der Waals surface area (Å²) in [6.45, 7) is 2.14. The molecule has 0 spiro atoms. The van der Waals surface area contributed by atoms with Crippen molar-refractivity contribution >= 4 is 77.6 Å². The van der Waals surface area contributed by atoms with Gasteiger partial charge in [-0.2, -0.15) is 0 Å². The second kappa shape index (κ2) is 13.1. The topological polar surface area (TPSA) is 19.6 Å². The summed E-state index contributed by atoms with van der Waals surface area (Å²) in [5, 5.41) is 6.93. The molecular weight excluding hydrogens is 657 g/mol. The van der Waals surface area contributed by atoms with Crippen LogP contribution in [0.2, 0.25) is 0 Å². The molecule has 0 amide bonds. The summed E-state index contributed by atoms with van der Waals surface area (Å²) >= 11 is 0. The first-order chi connectivity index (χ1) is 26.7. The minimum Gasteiger partial charge on any atom is -0.456 e. The lowest BCUT2D eigenvalue weighted by molar-refractivity contribution is 0.669. The van der Waals surface area contributed by atoms with Gasteiger partial charge in [-0.25, -0.2) is 0 Å². The molecule has 256 valence electrons. The van der Waals surface area contributed by atoms with Crippen molar-refractivity contribution in [2.24, 2.45) is 0 Å². The van der Waals surface area contributed by atoms with Gasteiger partial charge in [0.05, 0.1) is 11.4 Å². The highest BCUT2D eigenvalue weighted by Crippen LogP contribution is 2.48. The minimum absolute atomic E-state index is 0.877. The lowest BCUT2D eigenvalue weighted by Crippen LogP contribution is -2.12. The van der Waals surface area contributed by atoms with Crippen LogP contribution in [0.15, 0.2) is 205 Å². The molecule has 1 heterocycles. The van der Waals surface area contributed by atoms with Crippen molar-refractivity contribution in [3.05, 3.63) is 206 Å². The van der Waals surface area contributed by atoms with Gasteiger partial charge in [0.25, 0.3) is 0 Å². The van der Waals surface area contributed by atoms with Crippen LogP contribution in [0.4, 0.5) is 34.1 Å². The molecule has 0 unspecified atom stereocenters. The number of furan rings is 1. The normalized spacial score (nSPS) is 11.4. The van der Waals surface area contributed by atoms with Crippen LogP contribution in [0.1, 0.15) is 5.56 Å². The van der Waals surface area contributed by atoms with Gasteiger partial charge in [-0.15, -0.1) is 0 Å². The molecule has 0 saturated carbocycles. The summed E-state index contributed by atoms with van der Waals surface area (Å²) in [5.41, 5.74) is 11.9. The van der Waals surface area contributed by atoms with Crippen LogP contribution in [-0.4, -0.2) is 0 Å². The maximum Gasteiger partial charge on any atom is 0.135 e. The maximum atomic E-state index is 6.32. The Labute approximate surface area is 314 Å². The summed E-state index contributed by atoms with van der Waals surface area (Å²) in [4.78, 5) is 4.78. The van der Waals surface area contributed by atoms with Crippen molar-refractivity contribution in [1.29, 1.82) is 0 Å². The molecule has 1 aromatic heterocycles. The van der Waals surface area contributed by atoms with Gasteiger partial charge in [-0.05, 0) is 101 Å². The van der Waals surface area contributed by atoms with Crippen molar-refractivity contribution in [3.8, 4) is 11.1 Å². The fourth-order valence-electron chi connectivity index (χ4n) is 7.90. The molecular formula is C51H36N2O. The molecule has 0 atom stereocenters. The standard InChI is InChI=1S/C51H36N2O/c1-35-24-26-36(27-25-35)43-20-10-12-22-48(43)53(41-29-31-51-47(34-41)45-21-11-13-23-50(45)54-51)49-32-37-14-8-9-19-42(37)46-33-40(28-30-44(46)49)52(38-15-4-2-5-16-38)39-17-6-3-7-18-39/h2-34H,1H3. The van der Waals surface area contributed by atoms with Gasteiger partial charge in [0.2, 0.25) is 0 Å². The van der Waals surface area contributed by atoms with E-state index in [2.05, 4.69) is 205 Å². The number of rotatable bonds is 7. The number of hydrogen-bond acceptors (Lipinski definition) is 3. The van der Waals surface area contributed by atoms with Crippen LogP contribution in [0.25, 0.3) is 54.6 Å². The van der Waals surface area contributed by atoms with E-state index in [1.165, 1.54) is 27.3 Å². The van der Waals surface area contributed by atoms with E-state index in [1.54, 1.807) is 0 Å². The fraction of sp³-hybridized carbons (Fsp3) is 0.0196. The zero-order valence-corrected chi connectivity index (χ0v) is 29.9. The molecule has 10 aromatic rings. The quantitative estimate of drug-likeness (QED) is 0.155. The highest BCUT2D eigenvalue weighted by Gasteiger charge is 2.23. The Morgan fingerprint density at radius 1 is 0.352 bits per heavy atom. The molecule has 0 aliphatic heterocycles. The Hall–Kier alpha value is -7.10. The zero-order valence-electron chi connectivity index (χ0n) is 29.9. The third-order valence-electron chi connectivity index (χ3n) is 10.5. The van der Waals surface area contributed by atoms with Crippen molar-refractivity contribution in [2.75, 3.05) is 9.80 Å². The van der Waals surface area contributed by atoms with Crippen LogP contribution in [0.5, 0.6) is 0 Å². The van der Waals surface area contributed by atoms with E-state index in [-0.39, 0.29) is 0 Å². The van der Waals surface area contributed by atoms with Crippen molar-refractivity contribution in [2.45, 2.75) is 6.92 Å².